The standard InChI is InChI=1S/C22H34Cl2O8/c1-7-21(17(25)29-9-3,18(26)30-10-4)13-15(23)16(24)14-22(8-2,19(27)31-11-5)20(28)32-12-6/h7-14H2,1-6H3. The van der Waals surface area contributed by atoms with Crippen LogP contribution in [0.1, 0.15) is 67.2 Å². The molecule has 0 aromatic heterocycles. The van der Waals surface area contributed by atoms with Crippen LogP contribution in [0.25, 0.3) is 0 Å². The van der Waals surface area contributed by atoms with E-state index in [1.807, 2.05) is 0 Å². The fourth-order valence-electron chi connectivity index (χ4n) is 3.08. The zero-order chi connectivity index (χ0) is 24.9. The van der Waals surface area contributed by atoms with E-state index < -0.39 is 34.7 Å². The highest BCUT2D eigenvalue weighted by Crippen LogP contribution is 2.41. The van der Waals surface area contributed by atoms with Gasteiger partial charge in [-0.25, -0.2) is 0 Å². The Morgan fingerprint density at radius 3 is 0.906 bits per heavy atom. The van der Waals surface area contributed by atoms with E-state index in [1.54, 1.807) is 41.5 Å². The fraction of sp³-hybridized carbons (Fsp3) is 0.727. The second kappa shape index (κ2) is 14.4. The summed E-state index contributed by atoms with van der Waals surface area (Å²) in [5.74, 6) is -3.16. The lowest BCUT2D eigenvalue weighted by Gasteiger charge is -2.30. The Labute approximate surface area is 199 Å². The van der Waals surface area contributed by atoms with Gasteiger partial charge in [-0.05, 0) is 40.5 Å². The minimum absolute atomic E-state index is 0.0414. The topological polar surface area (TPSA) is 105 Å². The number of carbonyl (C=O) groups excluding carboxylic acids is 4. The van der Waals surface area contributed by atoms with Crippen molar-refractivity contribution in [3.8, 4) is 0 Å². The number of esters is 4. The number of hydrogen-bond donors (Lipinski definition) is 0. The van der Waals surface area contributed by atoms with Gasteiger partial charge in [0.25, 0.3) is 0 Å². The van der Waals surface area contributed by atoms with Gasteiger partial charge in [0.1, 0.15) is 0 Å². The Bertz CT molecular complexity index is 608. The molecule has 0 aliphatic carbocycles. The molecule has 0 radical (unpaired) electrons. The van der Waals surface area contributed by atoms with Gasteiger partial charge in [-0.3, -0.25) is 19.2 Å². The lowest BCUT2D eigenvalue weighted by atomic mass is 9.79. The lowest BCUT2D eigenvalue weighted by Crippen LogP contribution is -2.43. The SMILES string of the molecule is CCOC(=O)C(CC)(CC(Cl)=C(Cl)CC(CC)(C(=O)OCC)C(=O)OCC)C(=O)OCC. The molecule has 0 aromatic rings. The molecule has 0 fully saturated rings. The lowest BCUT2D eigenvalue weighted by molar-refractivity contribution is -0.174. The average molecular weight is 497 g/mol. The molecule has 0 aromatic carbocycles. The Hall–Kier alpha value is -1.80. The highest BCUT2D eigenvalue weighted by Gasteiger charge is 2.50. The zero-order valence-electron chi connectivity index (χ0n) is 19.7. The first-order chi connectivity index (χ1) is 15.1. The third kappa shape index (κ3) is 7.10. The Morgan fingerprint density at radius 1 is 0.531 bits per heavy atom. The molecule has 0 amide bonds. The van der Waals surface area contributed by atoms with Crippen LogP contribution in [0.15, 0.2) is 10.1 Å². The van der Waals surface area contributed by atoms with Crippen LogP contribution < -0.4 is 0 Å². The largest absolute Gasteiger partial charge is 0.465 e. The van der Waals surface area contributed by atoms with Gasteiger partial charge >= 0.3 is 23.9 Å². The van der Waals surface area contributed by atoms with Gasteiger partial charge in [0.2, 0.25) is 0 Å². The van der Waals surface area contributed by atoms with Gasteiger partial charge in [-0.2, -0.15) is 0 Å². The number of rotatable bonds is 14. The van der Waals surface area contributed by atoms with Crippen molar-refractivity contribution in [1.82, 2.24) is 0 Å². The Morgan fingerprint density at radius 2 is 0.750 bits per heavy atom. The Balaban J connectivity index is 6.30. The van der Waals surface area contributed by atoms with Crippen LogP contribution in [0.4, 0.5) is 0 Å². The molecule has 0 saturated heterocycles. The molecule has 0 unspecified atom stereocenters. The van der Waals surface area contributed by atoms with E-state index >= 15 is 0 Å². The second-order valence-electron chi connectivity index (χ2n) is 6.92. The zero-order valence-corrected chi connectivity index (χ0v) is 21.2. The first-order valence-electron chi connectivity index (χ1n) is 10.8. The predicted octanol–water partition coefficient (Wildman–Crippen LogP) is 4.50. The van der Waals surface area contributed by atoms with Crippen LogP contribution in [0, 0.1) is 10.8 Å². The van der Waals surface area contributed by atoms with E-state index in [0.717, 1.165) is 0 Å². The molecule has 0 aliphatic rings. The number of ether oxygens (including phenoxy) is 4. The van der Waals surface area contributed by atoms with Crippen molar-refractivity contribution < 1.29 is 38.1 Å². The summed E-state index contributed by atoms with van der Waals surface area (Å²) in [7, 11) is 0. The summed E-state index contributed by atoms with van der Waals surface area (Å²) in [5.41, 5.74) is -3.43. The van der Waals surface area contributed by atoms with Crippen molar-refractivity contribution in [3.05, 3.63) is 10.1 Å². The van der Waals surface area contributed by atoms with Gasteiger partial charge in [0, 0.05) is 22.9 Å². The van der Waals surface area contributed by atoms with Crippen molar-refractivity contribution in [2.24, 2.45) is 10.8 Å². The molecule has 0 heterocycles. The van der Waals surface area contributed by atoms with Crippen molar-refractivity contribution in [1.29, 1.82) is 0 Å². The third-order valence-corrected chi connectivity index (χ3v) is 5.90. The smallest absolute Gasteiger partial charge is 0.323 e. The highest BCUT2D eigenvalue weighted by molar-refractivity contribution is 6.39. The van der Waals surface area contributed by atoms with Crippen LogP contribution in [0.2, 0.25) is 0 Å². The molecular formula is C22H34Cl2O8. The number of hydrogen-bond acceptors (Lipinski definition) is 8. The quantitative estimate of drug-likeness (QED) is 0.196. The molecule has 0 rings (SSSR count). The minimum Gasteiger partial charge on any atom is -0.465 e. The van der Waals surface area contributed by atoms with Crippen molar-refractivity contribution in [2.75, 3.05) is 26.4 Å². The first kappa shape index (κ1) is 30.2. The van der Waals surface area contributed by atoms with Crippen molar-refractivity contribution in [3.63, 3.8) is 0 Å². The van der Waals surface area contributed by atoms with E-state index in [-0.39, 0.29) is 62.2 Å². The molecule has 184 valence electrons. The predicted molar refractivity (Wildman–Crippen MR) is 120 cm³/mol. The van der Waals surface area contributed by atoms with Crippen molar-refractivity contribution >= 4 is 47.1 Å². The van der Waals surface area contributed by atoms with E-state index in [9.17, 15) is 19.2 Å². The molecule has 32 heavy (non-hydrogen) atoms. The summed E-state index contributed by atoms with van der Waals surface area (Å²) in [5, 5.41) is -0.137. The van der Waals surface area contributed by atoms with E-state index in [1.165, 1.54) is 0 Å². The minimum atomic E-state index is -1.72. The molecule has 0 bridgehead atoms. The molecule has 0 saturated carbocycles. The van der Waals surface area contributed by atoms with E-state index in [2.05, 4.69) is 0 Å². The van der Waals surface area contributed by atoms with Crippen LogP contribution in [-0.2, 0) is 38.1 Å². The molecule has 0 spiro atoms. The molecule has 10 heteroatoms. The van der Waals surface area contributed by atoms with E-state index in [4.69, 9.17) is 42.1 Å². The summed E-state index contributed by atoms with van der Waals surface area (Å²) in [6.07, 6.45) is -0.542. The number of carbonyl (C=O) groups is 4. The van der Waals surface area contributed by atoms with Crippen LogP contribution >= 0.6 is 23.2 Å². The normalized spacial score (nSPS) is 12.5. The summed E-state index contributed by atoms with van der Waals surface area (Å²) in [4.78, 5) is 50.8. The van der Waals surface area contributed by atoms with Gasteiger partial charge in [-0.1, -0.05) is 37.0 Å². The molecule has 8 nitrogen and oxygen atoms in total. The second-order valence-corrected chi connectivity index (χ2v) is 7.83. The number of halogens is 2. The number of allylic oxidation sites excluding steroid dienone is 2. The first-order valence-corrected chi connectivity index (χ1v) is 11.5. The maximum absolute atomic E-state index is 12.7. The average Bonchev–Trinajstić information content (AvgIpc) is 2.75. The highest BCUT2D eigenvalue weighted by atomic mass is 35.5. The van der Waals surface area contributed by atoms with Crippen molar-refractivity contribution in [2.45, 2.75) is 67.2 Å². The molecular weight excluding hydrogens is 463 g/mol. The Kier molecular flexibility index (Phi) is 13.6. The van der Waals surface area contributed by atoms with Gasteiger partial charge in [0.15, 0.2) is 10.8 Å². The van der Waals surface area contributed by atoms with E-state index in [0.29, 0.717) is 0 Å². The summed E-state index contributed by atoms with van der Waals surface area (Å²) in [6.45, 7) is 9.92. The van der Waals surface area contributed by atoms with Crippen LogP contribution in [0.5, 0.6) is 0 Å². The maximum Gasteiger partial charge on any atom is 0.323 e. The van der Waals surface area contributed by atoms with Crippen LogP contribution in [0.3, 0.4) is 0 Å². The van der Waals surface area contributed by atoms with Gasteiger partial charge in [-0.15, -0.1) is 0 Å². The summed E-state index contributed by atoms with van der Waals surface area (Å²) >= 11 is 12.9. The summed E-state index contributed by atoms with van der Waals surface area (Å²) < 4.78 is 20.4. The third-order valence-electron chi connectivity index (χ3n) is 5.08. The molecule has 0 atom stereocenters. The van der Waals surface area contributed by atoms with Crippen LogP contribution in [-0.4, -0.2) is 50.3 Å². The molecule has 0 N–H and O–H groups in total. The summed E-state index contributed by atoms with van der Waals surface area (Å²) in [6, 6.07) is 0. The maximum atomic E-state index is 12.7. The molecule has 0 aliphatic heterocycles. The van der Waals surface area contributed by atoms with Gasteiger partial charge < -0.3 is 18.9 Å². The van der Waals surface area contributed by atoms with Gasteiger partial charge in [0.05, 0.1) is 26.4 Å². The monoisotopic (exact) mass is 496 g/mol. The fourth-order valence-corrected chi connectivity index (χ4v) is 3.67.